The van der Waals surface area contributed by atoms with Crippen molar-refractivity contribution in [3.05, 3.63) is 94.5 Å². The number of nitrogens with zero attached hydrogens (tertiary/aromatic N) is 2. The van der Waals surface area contributed by atoms with Crippen molar-refractivity contribution in [3.8, 4) is 17.2 Å². The van der Waals surface area contributed by atoms with Gasteiger partial charge in [0.05, 0.1) is 27.0 Å². The number of primary amides is 1. The van der Waals surface area contributed by atoms with E-state index in [1.165, 1.54) is 26.2 Å². The number of rotatable bonds is 11. The molecule has 0 bridgehead atoms. The van der Waals surface area contributed by atoms with Gasteiger partial charge in [-0.25, -0.2) is 0 Å². The number of methoxy groups -OCH3 is 3. The van der Waals surface area contributed by atoms with E-state index in [-0.39, 0.29) is 22.8 Å². The average molecular weight is 576 g/mol. The molecule has 4 rings (SSSR count). The Bertz CT molecular complexity index is 1540. The third-order valence-electron chi connectivity index (χ3n) is 6.27. The van der Waals surface area contributed by atoms with Crippen LogP contribution in [0.15, 0.2) is 72.8 Å². The van der Waals surface area contributed by atoms with Crippen molar-refractivity contribution in [3.63, 3.8) is 0 Å². The van der Waals surface area contributed by atoms with Crippen molar-refractivity contribution in [2.24, 2.45) is 5.73 Å². The van der Waals surface area contributed by atoms with E-state index in [1.54, 1.807) is 42.5 Å². The molecule has 3 amide bonds. The highest BCUT2D eigenvalue weighted by atomic mass is 32.1. The highest BCUT2D eigenvalue weighted by molar-refractivity contribution is 7.09. The first-order chi connectivity index (χ1) is 19.8. The lowest BCUT2D eigenvalue weighted by Crippen LogP contribution is -2.44. The summed E-state index contributed by atoms with van der Waals surface area (Å²) in [5.41, 5.74) is 12.8. The minimum atomic E-state index is -1.19. The quantitative estimate of drug-likeness (QED) is 0.245. The SMILES string of the molecule is COc1ccc([C@H](C(=O)NCc2ccccc2)N(C(=O)c2snc(C(N)=O)c2N)c2ccc(OC)c(OC)c2)cc1. The van der Waals surface area contributed by atoms with Crippen LogP contribution in [-0.4, -0.2) is 43.4 Å². The molecular weight excluding hydrogens is 546 g/mol. The summed E-state index contributed by atoms with van der Waals surface area (Å²) in [5.74, 6) is -0.694. The van der Waals surface area contributed by atoms with Gasteiger partial charge >= 0.3 is 0 Å². The second-order valence-corrected chi connectivity index (χ2v) is 9.51. The van der Waals surface area contributed by atoms with Crippen LogP contribution >= 0.6 is 11.5 Å². The molecule has 0 saturated heterocycles. The fraction of sp³-hybridized carbons (Fsp3) is 0.172. The number of carbonyl (C=O) groups excluding carboxylic acids is 3. The molecule has 0 fully saturated rings. The second kappa shape index (κ2) is 12.8. The lowest BCUT2D eigenvalue weighted by molar-refractivity contribution is -0.122. The Hall–Kier alpha value is -5.10. The molecule has 0 saturated carbocycles. The van der Waals surface area contributed by atoms with E-state index in [9.17, 15) is 14.4 Å². The van der Waals surface area contributed by atoms with Gasteiger partial charge < -0.3 is 31.0 Å². The summed E-state index contributed by atoms with van der Waals surface area (Å²) in [6.45, 7) is 0.217. The van der Waals surface area contributed by atoms with Crippen molar-refractivity contribution in [2.45, 2.75) is 12.6 Å². The summed E-state index contributed by atoms with van der Waals surface area (Å²) in [5, 5.41) is 2.93. The number of nitrogens with one attached hydrogen (secondary N) is 1. The minimum absolute atomic E-state index is 0.0528. The molecule has 0 unspecified atom stereocenters. The number of amides is 3. The Morgan fingerprint density at radius 1 is 0.927 bits per heavy atom. The van der Waals surface area contributed by atoms with E-state index < -0.39 is 23.8 Å². The maximum atomic E-state index is 14.3. The topological polar surface area (TPSA) is 159 Å². The van der Waals surface area contributed by atoms with Gasteiger partial charge in [0, 0.05) is 18.3 Å². The van der Waals surface area contributed by atoms with Crippen LogP contribution in [0.2, 0.25) is 0 Å². The summed E-state index contributed by atoms with van der Waals surface area (Å²) in [4.78, 5) is 41.3. The summed E-state index contributed by atoms with van der Waals surface area (Å²) < 4.78 is 20.1. The molecule has 0 aliphatic carbocycles. The maximum Gasteiger partial charge on any atom is 0.273 e. The van der Waals surface area contributed by atoms with Crippen LogP contribution in [0.3, 0.4) is 0 Å². The standard InChI is InChI=1S/C29H29N5O6S/c1-38-20-12-9-18(10-13-20)25(28(36)32-16-17-7-5-4-6-8-17)34(19-11-14-21(39-2)22(15-19)40-3)29(37)26-23(30)24(27(31)35)33-41-26/h4-15,25H,16,30H2,1-3H3,(H2,31,35)(H,32,36)/t25-/m1/s1. The Labute approximate surface area is 240 Å². The monoisotopic (exact) mass is 575 g/mol. The third kappa shape index (κ3) is 6.23. The molecule has 0 radical (unpaired) electrons. The van der Waals surface area contributed by atoms with E-state index in [0.717, 1.165) is 17.1 Å². The van der Waals surface area contributed by atoms with Gasteiger partial charge in [-0.3, -0.25) is 19.3 Å². The largest absolute Gasteiger partial charge is 0.497 e. The van der Waals surface area contributed by atoms with Crippen molar-refractivity contribution in [1.82, 2.24) is 9.69 Å². The molecule has 1 aromatic heterocycles. The number of aromatic nitrogens is 1. The van der Waals surface area contributed by atoms with Crippen molar-refractivity contribution >= 4 is 40.6 Å². The summed E-state index contributed by atoms with van der Waals surface area (Å²) in [7, 11) is 4.48. The van der Waals surface area contributed by atoms with E-state index >= 15 is 0 Å². The van der Waals surface area contributed by atoms with Crippen LogP contribution in [0.4, 0.5) is 11.4 Å². The predicted octanol–water partition coefficient (Wildman–Crippen LogP) is 3.55. The number of nitrogen functional groups attached to an aromatic ring is 1. The Balaban J connectivity index is 1.88. The van der Waals surface area contributed by atoms with Gasteiger partial charge in [-0.05, 0) is 46.9 Å². The fourth-order valence-corrected chi connectivity index (χ4v) is 4.92. The molecular formula is C29H29N5O6S. The highest BCUT2D eigenvalue weighted by Gasteiger charge is 2.36. The van der Waals surface area contributed by atoms with Crippen LogP contribution in [0.25, 0.3) is 0 Å². The van der Waals surface area contributed by atoms with Crippen molar-refractivity contribution in [2.75, 3.05) is 32.0 Å². The summed E-state index contributed by atoms with van der Waals surface area (Å²) >= 11 is 0.719. The second-order valence-electron chi connectivity index (χ2n) is 8.73. The van der Waals surface area contributed by atoms with Gasteiger partial charge in [0.2, 0.25) is 5.91 Å². The molecule has 212 valence electrons. The van der Waals surface area contributed by atoms with Crippen LogP contribution in [0.1, 0.15) is 37.3 Å². The molecule has 1 heterocycles. The fourth-order valence-electron chi connectivity index (χ4n) is 4.18. The lowest BCUT2D eigenvalue weighted by Gasteiger charge is -2.31. The number of anilines is 2. The molecule has 0 aliphatic heterocycles. The average Bonchev–Trinajstić information content (AvgIpc) is 3.40. The van der Waals surface area contributed by atoms with E-state index in [1.807, 2.05) is 30.3 Å². The van der Waals surface area contributed by atoms with Crippen LogP contribution in [0.5, 0.6) is 17.2 Å². The zero-order valence-corrected chi connectivity index (χ0v) is 23.4. The van der Waals surface area contributed by atoms with Crippen molar-refractivity contribution < 1.29 is 28.6 Å². The molecule has 0 aliphatic rings. The van der Waals surface area contributed by atoms with E-state index in [2.05, 4.69) is 9.69 Å². The molecule has 41 heavy (non-hydrogen) atoms. The molecule has 0 spiro atoms. The van der Waals surface area contributed by atoms with Crippen LogP contribution < -0.4 is 35.9 Å². The van der Waals surface area contributed by atoms with Gasteiger partial charge in [-0.2, -0.15) is 4.37 Å². The molecule has 5 N–H and O–H groups in total. The van der Waals surface area contributed by atoms with E-state index in [0.29, 0.717) is 28.5 Å². The molecule has 12 heteroatoms. The maximum absolute atomic E-state index is 14.3. The molecule has 3 aromatic carbocycles. The predicted molar refractivity (Wildman–Crippen MR) is 155 cm³/mol. The Kier molecular flexibility index (Phi) is 9.05. The van der Waals surface area contributed by atoms with Gasteiger partial charge in [-0.1, -0.05) is 42.5 Å². The smallest absolute Gasteiger partial charge is 0.273 e. The first-order valence-electron chi connectivity index (χ1n) is 12.3. The van der Waals surface area contributed by atoms with Gasteiger partial charge in [0.25, 0.3) is 11.8 Å². The molecule has 4 aromatic rings. The van der Waals surface area contributed by atoms with E-state index in [4.69, 9.17) is 25.7 Å². The van der Waals surface area contributed by atoms with Crippen LogP contribution in [-0.2, 0) is 11.3 Å². The lowest BCUT2D eigenvalue weighted by atomic mass is 10.0. The zero-order chi connectivity index (χ0) is 29.5. The number of ether oxygens (including phenoxy) is 3. The first-order valence-corrected chi connectivity index (χ1v) is 13.1. The number of nitrogens with two attached hydrogens (primary N) is 2. The zero-order valence-electron chi connectivity index (χ0n) is 22.6. The summed E-state index contributed by atoms with van der Waals surface area (Å²) in [6.07, 6.45) is 0. The Morgan fingerprint density at radius 2 is 1.61 bits per heavy atom. The Morgan fingerprint density at radius 3 is 2.20 bits per heavy atom. The minimum Gasteiger partial charge on any atom is -0.497 e. The van der Waals surface area contributed by atoms with Crippen molar-refractivity contribution in [1.29, 1.82) is 0 Å². The molecule has 1 atom stereocenters. The van der Waals surface area contributed by atoms with Gasteiger partial charge in [0.1, 0.15) is 16.7 Å². The summed E-state index contributed by atoms with van der Waals surface area (Å²) in [6, 6.07) is 19.8. The first kappa shape index (κ1) is 28.9. The van der Waals surface area contributed by atoms with Gasteiger partial charge in [0.15, 0.2) is 17.2 Å². The number of hydrogen-bond acceptors (Lipinski definition) is 9. The number of carbonyl (C=O) groups is 3. The highest BCUT2D eigenvalue weighted by Crippen LogP contribution is 2.38. The number of hydrogen-bond donors (Lipinski definition) is 3. The number of benzene rings is 3. The third-order valence-corrected chi connectivity index (χ3v) is 7.12. The van der Waals surface area contributed by atoms with Crippen LogP contribution in [0, 0.1) is 0 Å². The van der Waals surface area contributed by atoms with Gasteiger partial charge in [-0.15, -0.1) is 0 Å². The molecule has 11 nitrogen and oxygen atoms in total. The normalized spacial score (nSPS) is 11.3.